The number of fused-ring (bicyclic) bond motifs is 1. The second kappa shape index (κ2) is 20.0. The molecule has 6 aromatic rings. The Kier molecular flexibility index (Phi) is 14.0. The fraction of sp³-hybridized carbons (Fsp3) is 0.418. The molecular formula is C55H59ClN8O9S. The summed E-state index contributed by atoms with van der Waals surface area (Å²) in [4.78, 5) is 72.9. The number of β-amino-alcohol motifs (C(OH)–C–C–N with tert-alkyl or cyclic N) is 1. The van der Waals surface area contributed by atoms with Crippen molar-refractivity contribution in [1.82, 2.24) is 30.5 Å². The predicted molar refractivity (Wildman–Crippen MR) is 278 cm³/mol. The van der Waals surface area contributed by atoms with Crippen LogP contribution in [0.25, 0.3) is 21.4 Å². The quantitative estimate of drug-likeness (QED) is 0.0871. The molecule has 3 aromatic heterocycles. The number of ether oxygens (including phenoxy) is 3. The maximum Gasteiger partial charge on any atom is 0.341 e. The molecule has 0 spiro atoms. The summed E-state index contributed by atoms with van der Waals surface area (Å²) in [5, 5.41) is 26.8. The Balaban J connectivity index is 0.771. The lowest BCUT2D eigenvalue weighted by molar-refractivity contribution is -0.236. The number of nitriles is 1. The number of thiazole rings is 1. The zero-order valence-corrected chi connectivity index (χ0v) is 44.2. The highest BCUT2D eigenvalue weighted by atomic mass is 35.5. The molecule has 1 unspecified atom stereocenters. The number of benzene rings is 3. The molecule has 0 radical (unpaired) electrons. The van der Waals surface area contributed by atoms with Gasteiger partial charge >= 0.3 is 5.97 Å². The Labute approximate surface area is 438 Å². The molecule has 1 aliphatic carbocycles. The molecule has 3 amide bonds. The molecule has 74 heavy (non-hydrogen) atoms. The third-order valence-corrected chi connectivity index (χ3v) is 15.6. The smallest absolute Gasteiger partial charge is 0.341 e. The van der Waals surface area contributed by atoms with Gasteiger partial charge in [-0.3, -0.25) is 14.4 Å². The Hall–Kier alpha value is -7.07. The van der Waals surface area contributed by atoms with Crippen LogP contribution in [0.5, 0.6) is 11.5 Å². The normalized spacial score (nSPS) is 20.9. The molecule has 5 heterocycles. The van der Waals surface area contributed by atoms with Crippen molar-refractivity contribution in [3.63, 3.8) is 0 Å². The summed E-state index contributed by atoms with van der Waals surface area (Å²) in [6.45, 7) is 18.1. The standard InChI is InChI=1S/C55H59ClN8O9S/c1-29(31-10-12-32(13-11-31)44-30(2)60-28-74-44)61-46(66)41-19-36(65)25-64(41)48(68)45(53(3,4)5)62-47(67)43-18-33-14-16-38(21-42(33)72-43)70-39-26-63(27-39)52-58-23-35(24-59-52)49(69)73-51-54(6,7)50(55(51,8)9)71-37-17-15-34(22-57)40(56)20-37/h10-18,20-21,23-24,28-29,36,39,41,45,50-51,65H,19,25-27H2,1-9H3,(H,61,66)(H,62,67)/t29-,36+,41-,45?,50?,51?/m0/s1. The number of carbonyl (C=O) groups is 4. The number of anilines is 1. The average molecular weight is 1040 g/mol. The minimum absolute atomic E-state index is 0.0108. The molecule has 17 nitrogen and oxygen atoms in total. The number of hydrogen-bond donors (Lipinski definition) is 3. The van der Waals surface area contributed by atoms with Gasteiger partial charge in [-0.1, -0.05) is 84.3 Å². The monoisotopic (exact) mass is 1040 g/mol. The van der Waals surface area contributed by atoms with E-state index in [1.165, 1.54) is 17.3 Å². The fourth-order valence-corrected chi connectivity index (χ4v) is 11.6. The lowest BCUT2D eigenvalue weighted by Gasteiger charge is -2.61. The first-order chi connectivity index (χ1) is 35.0. The van der Waals surface area contributed by atoms with E-state index in [1.54, 1.807) is 53.8 Å². The summed E-state index contributed by atoms with van der Waals surface area (Å²) in [7, 11) is 0. The van der Waals surface area contributed by atoms with Crippen LogP contribution < -0.4 is 25.0 Å². The molecule has 19 heteroatoms. The molecule has 3 N–H and O–H groups in total. The first-order valence-electron chi connectivity index (χ1n) is 24.5. The number of likely N-dealkylation sites (tertiary alicyclic amines) is 1. The van der Waals surface area contributed by atoms with Crippen LogP contribution in [-0.2, 0) is 14.3 Å². The second-order valence-electron chi connectivity index (χ2n) is 21.7. The van der Waals surface area contributed by atoms with E-state index in [9.17, 15) is 29.5 Å². The van der Waals surface area contributed by atoms with Crippen molar-refractivity contribution in [1.29, 1.82) is 5.26 Å². The van der Waals surface area contributed by atoms with Crippen LogP contribution in [0.15, 0.2) is 89.1 Å². The average Bonchev–Trinajstić information content (AvgIpc) is 4.10. The number of halogens is 1. The van der Waals surface area contributed by atoms with Crippen LogP contribution in [0.2, 0.25) is 5.02 Å². The lowest BCUT2D eigenvalue weighted by atomic mass is 9.51. The highest BCUT2D eigenvalue weighted by Gasteiger charge is 2.66. The molecule has 0 bridgehead atoms. The van der Waals surface area contributed by atoms with Crippen LogP contribution in [0.1, 0.15) is 106 Å². The van der Waals surface area contributed by atoms with Gasteiger partial charge in [0.25, 0.3) is 5.91 Å². The van der Waals surface area contributed by atoms with Gasteiger partial charge in [-0.2, -0.15) is 5.26 Å². The molecule has 1 saturated carbocycles. The number of nitrogens with zero attached hydrogens (tertiary/aromatic N) is 6. The summed E-state index contributed by atoms with van der Waals surface area (Å²) in [6, 6.07) is 19.3. The summed E-state index contributed by atoms with van der Waals surface area (Å²) in [6.07, 6.45) is 1.03. The van der Waals surface area contributed by atoms with Gasteiger partial charge in [0.15, 0.2) is 5.76 Å². The Morgan fingerprint density at radius 3 is 2.22 bits per heavy atom. The van der Waals surface area contributed by atoms with Gasteiger partial charge in [0.2, 0.25) is 17.8 Å². The number of aliphatic hydroxyl groups excluding tert-OH is 1. The van der Waals surface area contributed by atoms with Gasteiger partial charge in [-0.05, 0) is 60.7 Å². The zero-order valence-electron chi connectivity index (χ0n) is 42.6. The maximum atomic E-state index is 14.3. The summed E-state index contributed by atoms with van der Waals surface area (Å²) >= 11 is 7.81. The zero-order chi connectivity index (χ0) is 53.0. The predicted octanol–water partition coefficient (Wildman–Crippen LogP) is 8.47. The van der Waals surface area contributed by atoms with Crippen molar-refractivity contribution < 1.29 is 42.9 Å². The van der Waals surface area contributed by atoms with Crippen molar-refractivity contribution >= 4 is 63.5 Å². The highest BCUT2D eigenvalue weighted by molar-refractivity contribution is 7.13. The number of furan rings is 1. The number of nitrogens with one attached hydrogen (secondary N) is 2. The van der Waals surface area contributed by atoms with E-state index in [0.29, 0.717) is 52.1 Å². The lowest BCUT2D eigenvalue weighted by Crippen LogP contribution is -2.70. The minimum Gasteiger partial charge on any atom is -0.489 e. The number of rotatable bonds is 14. The number of hydrogen-bond acceptors (Lipinski definition) is 15. The first-order valence-corrected chi connectivity index (χ1v) is 25.7. The van der Waals surface area contributed by atoms with Crippen molar-refractivity contribution in [3.8, 4) is 28.0 Å². The van der Waals surface area contributed by atoms with Crippen molar-refractivity contribution in [3.05, 3.63) is 118 Å². The third-order valence-electron chi connectivity index (χ3n) is 14.3. The number of carbonyl (C=O) groups excluding carboxylic acids is 4. The van der Waals surface area contributed by atoms with Gasteiger partial charge in [-0.15, -0.1) is 11.3 Å². The molecule has 3 aliphatic rings. The largest absolute Gasteiger partial charge is 0.489 e. The Morgan fingerprint density at radius 2 is 1.58 bits per heavy atom. The van der Waals surface area contributed by atoms with Crippen molar-refractivity contribution in [2.75, 3.05) is 24.5 Å². The fourth-order valence-electron chi connectivity index (χ4n) is 10.5. The van der Waals surface area contributed by atoms with Crippen molar-refractivity contribution in [2.24, 2.45) is 16.2 Å². The Morgan fingerprint density at radius 1 is 0.905 bits per heavy atom. The van der Waals surface area contributed by atoms with Crippen LogP contribution in [0.3, 0.4) is 0 Å². The molecule has 386 valence electrons. The molecule has 2 saturated heterocycles. The molecule has 9 rings (SSSR count). The topological polar surface area (TPSA) is 222 Å². The summed E-state index contributed by atoms with van der Waals surface area (Å²) in [5.41, 5.74) is 3.77. The molecule has 3 aromatic carbocycles. The Bertz CT molecular complexity index is 3140. The van der Waals surface area contributed by atoms with E-state index in [0.717, 1.165) is 21.7 Å². The van der Waals surface area contributed by atoms with Gasteiger partial charge < -0.3 is 44.2 Å². The van der Waals surface area contributed by atoms with Crippen LogP contribution in [0.4, 0.5) is 5.95 Å². The molecule has 3 fully saturated rings. The minimum atomic E-state index is -1.07. The van der Waals surface area contributed by atoms with Crippen molar-refractivity contribution in [2.45, 2.75) is 111 Å². The summed E-state index contributed by atoms with van der Waals surface area (Å²) < 4.78 is 24.6. The van der Waals surface area contributed by atoms with Gasteiger partial charge in [0.1, 0.15) is 53.5 Å². The van der Waals surface area contributed by atoms with Gasteiger partial charge in [-0.25, -0.2) is 19.7 Å². The number of amides is 3. The molecule has 4 atom stereocenters. The highest BCUT2D eigenvalue weighted by Crippen LogP contribution is 2.57. The van der Waals surface area contributed by atoms with E-state index >= 15 is 0 Å². The van der Waals surface area contributed by atoms with E-state index in [2.05, 4.69) is 25.6 Å². The van der Waals surface area contributed by atoms with Crippen LogP contribution in [-0.4, -0.2) is 105 Å². The summed E-state index contributed by atoms with van der Waals surface area (Å²) in [5.74, 6) is -0.581. The van der Waals surface area contributed by atoms with E-state index in [-0.39, 0.29) is 42.5 Å². The van der Waals surface area contributed by atoms with E-state index in [1.807, 2.05) is 103 Å². The SMILES string of the molecule is Cc1ncsc1-c1ccc([C@H](C)NC(=O)[C@@H]2C[C@@H](O)CN2C(=O)C(NC(=O)c2cc3ccc(OC4CN(c5ncc(C(=O)OC6C(C)(C)C(Oc7ccc(C#N)c(Cl)c7)C6(C)C)cn5)C4)cc3o2)C(C)(C)C)cc1. The maximum absolute atomic E-state index is 14.3. The van der Waals surface area contributed by atoms with E-state index < -0.39 is 64.2 Å². The van der Waals surface area contributed by atoms with Crippen LogP contribution in [0, 0.1) is 34.5 Å². The number of aromatic nitrogens is 3. The second-order valence-corrected chi connectivity index (χ2v) is 23.0. The number of aliphatic hydroxyl groups is 1. The van der Waals surface area contributed by atoms with Crippen LogP contribution >= 0.6 is 22.9 Å². The molecular weight excluding hydrogens is 984 g/mol. The number of esters is 1. The van der Waals surface area contributed by atoms with Gasteiger partial charge in [0, 0.05) is 53.7 Å². The van der Waals surface area contributed by atoms with E-state index in [4.69, 9.17) is 30.2 Å². The number of aryl methyl sites for hydroxylation is 1. The third kappa shape index (κ3) is 10.2. The first kappa shape index (κ1) is 51.8. The van der Waals surface area contributed by atoms with Gasteiger partial charge in [0.05, 0.1) is 57.5 Å². The molecule has 2 aliphatic heterocycles.